The number of hydrogen-bond donors (Lipinski definition) is 0. The Hall–Kier alpha value is -2.45. The van der Waals surface area contributed by atoms with E-state index in [0.717, 1.165) is 9.47 Å². The summed E-state index contributed by atoms with van der Waals surface area (Å²) in [6.45, 7) is -0.354. The Morgan fingerprint density at radius 1 is 1.20 bits per heavy atom. The van der Waals surface area contributed by atoms with Crippen molar-refractivity contribution in [3.8, 4) is 11.4 Å². The summed E-state index contributed by atoms with van der Waals surface area (Å²) in [5, 5.41) is 4.21. The highest BCUT2D eigenvalue weighted by atomic mass is 79.9. The number of nitrogens with zero attached hydrogens (tertiary/aromatic N) is 2. The first kappa shape index (κ1) is 17.4. The van der Waals surface area contributed by atoms with Crippen molar-refractivity contribution in [1.82, 2.24) is 9.78 Å². The summed E-state index contributed by atoms with van der Waals surface area (Å²) >= 11 is 4.57. The van der Waals surface area contributed by atoms with Crippen LogP contribution in [0.1, 0.15) is 20.2 Å². The van der Waals surface area contributed by atoms with Crippen LogP contribution in [0.2, 0.25) is 0 Å². The summed E-state index contributed by atoms with van der Waals surface area (Å²) in [7, 11) is 1.44. The lowest BCUT2D eigenvalue weighted by atomic mass is 10.3. The molecule has 3 aromatic rings. The minimum Gasteiger partial charge on any atom is -0.493 e. The van der Waals surface area contributed by atoms with Crippen molar-refractivity contribution in [3.05, 3.63) is 63.0 Å². The predicted octanol–water partition coefficient (Wildman–Crippen LogP) is 3.74. The van der Waals surface area contributed by atoms with Crippen molar-refractivity contribution in [2.24, 2.45) is 0 Å². The molecule has 3 rings (SSSR count). The number of para-hydroxylation sites is 1. The quantitative estimate of drug-likeness (QED) is 0.448. The van der Waals surface area contributed by atoms with E-state index >= 15 is 0 Å². The Balaban J connectivity index is 1.73. The number of carbonyl (C=O) groups excluding carboxylic acids is 2. The fraction of sp³-hybridized carbons (Fsp3) is 0.118. The number of Topliss-reactive ketones (excluding diaryl/α,β-unsaturated/α-hetero) is 1. The summed E-state index contributed by atoms with van der Waals surface area (Å²) < 4.78 is 12.6. The van der Waals surface area contributed by atoms with Crippen LogP contribution in [0, 0.1) is 0 Å². The van der Waals surface area contributed by atoms with Gasteiger partial charge in [0.2, 0.25) is 11.5 Å². The average Bonchev–Trinajstić information content (AvgIpc) is 3.26. The van der Waals surface area contributed by atoms with Gasteiger partial charge < -0.3 is 9.47 Å². The number of thiophene rings is 1. The van der Waals surface area contributed by atoms with Crippen LogP contribution in [0.25, 0.3) is 5.69 Å². The van der Waals surface area contributed by atoms with Crippen LogP contribution in [-0.2, 0) is 4.74 Å². The molecule has 0 saturated carbocycles. The van der Waals surface area contributed by atoms with Gasteiger partial charge in [0.15, 0.2) is 12.4 Å². The zero-order valence-electron chi connectivity index (χ0n) is 13.1. The van der Waals surface area contributed by atoms with Gasteiger partial charge >= 0.3 is 5.97 Å². The molecule has 0 amide bonds. The molecule has 0 N–H and O–H groups in total. The monoisotopic (exact) mass is 420 g/mol. The van der Waals surface area contributed by atoms with Gasteiger partial charge in [0.05, 0.1) is 27.7 Å². The van der Waals surface area contributed by atoms with Crippen molar-refractivity contribution in [3.63, 3.8) is 0 Å². The molecule has 0 saturated heterocycles. The zero-order chi connectivity index (χ0) is 17.8. The van der Waals surface area contributed by atoms with Crippen LogP contribution in [0.4, 0.5) is 0 Å². The lowest BCUT2D eigenvalue weighted by Crippen LogP contribution is -2.14. The van der Waals surface area contributed by atoms with Gasteiger partial charge in [0, 0.05) is 0 Å². The predicted molar refractivity (Wildman–Crippen MR) is 96.7 cm³/mol. The highest BCUT2D eigenvalue weighted by Gasteiger charge is 2.21. The molecule has 0 aliphatic rings. The number of rotatable bonds is 6. The van der Waals surface area contributed by atoms with Crippen LogP contribution in [0.5, 0.6) is 5.75 Å². The Bertz CT molecular complexity index is 905. The van der Waals surface area contributed by atoms with Gasteiger partial charge in [-0.2, -0.15) is 5.10 Å². The molecule has 0 atom stereocenters. The standard InChI is InChI=1S/C17H13BrN2O4S/c1-23-13-9-20(11-5-3-2-4-6-11)19-16(13)17(22)24-10-12(21)14-7-8-15(18)25-14/h2-9H,10H2,1H3. The van der Waals surface area contributed by atoms with Gasteiger partial charge in [-0.15, -0.1) is 11.3 Å². The minimum atomic E-state index is -0.712. The van der Waals surface area contributed by atoms with E-state index in [0.29, 0.717) is 4.88 Å². The number of halogens is 1. The van der Waals surface area contributed by atoms with E-state index in [1.54, 1.807) is 18.3 Å². The van der Waals surface area contributed by atoms with Gasteiger partial charge in [-0.25, -0.2) is 9.48 Å². The molecule has 0 fully saturated rings. The molecule has 1 aromatic carbocycles. The number of ether oxygens (including phenoxy) is 2. The third kappa shape index (κ3) is 3.97. The van der Waals surface area contributed by atoms with E-state index in [1.807, 2.05) is 30.3 Å². The Morgan fingerprint density at radius 3 is 2.60 bits per heavy atom. The molecule has 0 aliphatic carbocycles. The van der Waals surface area contributed by atoms with Crippen LogP contribution < -0.4 is 4.74 Å². The first-order valence-electron chi connectivity index (χ1n) is 7.23. The van der Waals surface area contributed by atoms with E-state index in [2.05, 4.69) is 21.0 Å². The molecule has 2 aromatic heterocycles. The van der Waals surface area contributed by atoms with E-state index in [9.17, 15) is 9.59 Å². The molecule has 25 heavy (non-hydrogen) atoms. The molecule has 6 nitrogen and oxygen atoms in total. The van der Waals surface area contributed by atoms with Crippen molar-refractivity contribution < 1.29 is 19.1 Å². The number of hydrogen-bond acceptors (Lipinski definition) is 6. The lowest BCUT2D eigenvalue weighted by Gasteiger charge is -2.02. The number of benzene rings is 1. The topological polar surface area (TPSA) is 70.4 Å². The van der Waals surface area contributed by atoms with E-state index in [1.165, 1.54) is 23.1 Å². The second kappa shape index (κ2) is 7.62. The van der Waals surface area contributed by atoms with E-state index in [-0.39, 0.29) is 23.8 Å². The lowest BCUT2D eigenvalue weighted by molar-refractivity contribution is 0.0466. The molecule has 128 valence electrons. The van der Waals surface area contributed by atoms with Gasteiger partial charge in [-0.1, -0.05) is 18.2 Å². The molecular formula is C17H13BrN2O4S. The highest BCUT2D eigenvalue weighted by Crippen LogP contribution is 2.23. The van der Waals surface area contributed by atoms with Gasteiger partial charge in [-0.05, 0) is 40.2 Å². The summed E-state index contributed by atoms with van der Waals surface area (Å²) in [6, 6.07) is 12.7. The van der Waals surface area contributed by atoms with Crippen molar-refractivity contribution >= 4 is 39.0 Å². The molecule has 0 aliphatic heterocycles. The molecule has 0 bridgehead atoms. The van der Waals surface area contributed by atoms with Crippen LogP contribution >= 0.6 is 27.3 Å². The summed E-state index contributed by atoms with van der Waals surface area (Å²) in [6.07, 6.45) is 1.59. The van der Waals surface area contributed by atoms with Crippen LogP contribution in [-0.4, -0.2) is 35.2 Å². The summed E-state index contributed by atoms with van der Waals surface area (Å²) in [4.78, 5) is 24.8. The van der Waals surface area contributed by atoms with Crippen molar-refractivity contribution in [2.45, 2.75) is 0 Å². The van der Waals surface area contributed by atoms with Gasteiger partial charge in [0.1, 0.15) is 0 Å². The SMILES string of the molecule is COc1cn(-c2ccccc2)nc1C(=O)OCC(=O)c1ccc(Br)s1. The molecule has 0 unspecified atom stereocenters. The van der Waals surface area contributed by atoms with Gasteiger partial charge in [0.25, 0.3) is 0 Å². The van der Waals surface area contributed by atoms with Crippen LogP contribution in [0.3, 0.4) is 0 Å². The molecule has 8 heteroatoms. The number of esters is 1. The first-order valence-corrected chi connectivity index (χ1v) is 8.84. The summed E-state index contributed by atoms with van der Waals surface area (Å²) in [5.41, 5.74) is 0.797. The molecule has 2 heterocycles. The Morgan fingerprint density at radius 2 is 1.96 bits per heavy atom. The fourth-order valence-corrected chi connectivity index (χ4v) is 3.41. The number of carbonyl (C=O) groups is 2. The number of ketones is 1. The third-order valence-corrected chi connectivity index (χ3v) is 4.96. The average molecular weight is 421 g/mol. The number of methoxy groups -OCH3 is 1. The van der Waals surface area contributed by atoms with E-state index < -0.39 is 5.97 Å². The second-order valence-corrected chi connectivity index (χ2v) is 7.39. The Labute approximate surface area is 156 Å². The first-order chi connectivity index (χ1) is 12.1. The molecule has 0 spiro atoms. The van der Waals surface area contributed by atoms with Crippen molar-refractivity contribution in [2.75, 3.05) is 13.7 Å². The zero-order valence-corrected chi connectivity index (χ0v) is 15.5. The smallest absolute Gasteiger partial charge is 0.363 e. The van der Waals surface area contributed by atoms with E-state index in [4.69, 9.17) is 9.47 Å². The maximum Gasteiger partial charge on any atom is 0.363 e. The minimum absolute atomic E-state index is 0.0199. The number of aromatic nitrogens is 2. The highest BCUT2D eigenvalue weighted by molar-refractivity contribution is 9.11. The summed E-state index contributed by atoms with van der Waals surface area (Å²) in [5.74, 6) is -0.707. The van der Waals surface area contributed by atoms with Gasteiger partial charge in [-0.3, -0.25) is 4.79 Å². The van der Waals surface area contributed by atoms with Crippen LogP contribution in [0.15, 0.2) is 52.4 Å². The second-order valence-electron chi connectivity index (χ2n) is 4.93. The fourth-order valence-electron chi connectivity index (χ4n) is 2.10. The maximum absolute atomic E-state index is 12.3. The maximum atomic E-state index is 12.3. The third-order valence-electron chi connectivity index (χ3n) is 3.30. The van der Waals surface area contributed by atoms with Crippen molar-refractivity contribution in [1.29, 1.82) is 0 Å². The Kier molecular flexibility index (Phi) is 5.30. The normalized spacial score (nSPS) is 10.5. The molecular weight excluding hydrogens is 408 g/mol. The largest absolute Gasteiger partial charge is 0.493 e. The molecule has 0 radical (unpaired) electrons.